The summed E-state index contributed by atoms with van der Waals surface area (Å²) in [6, 6.07) is 2.70. The van der Waals surface area contributed by atoms with Gasteiger partial charge in [0.1, 0.15) is 5.76 Å². The van der Waals surface area contributed by atoms with Crippen LogP contribution in [-0.4, -0.2) is 43.3 Å². The smallest absolute Gasteiger partial charge is 0.137 e. The molecule has 0 bridgehead atoms. The fourth-order valence-electron chi connectivity index (χ4n) is 3.18. The lowest BCUT2D eigenvalue weighted by atomic mass is 10.1. The predicted octanol–water partition coefficient (Wildman–Crippen LogP) is 2.56. The fraction of sp³-hybridized carbons (Fsp3) is 0.714. The Kier molecular flexibility index (Phi) is 4.27. The van der Waals surface area contributed by atoms with Crippen LogP contribution in [0.1, 0.15) is 31.6 Å². The first-order chi connectivity index (χ1) is 9.29. The first-order valence-corrected chi connectivity index (χ1v) is 7.90. The lowest BCUT2D eigenvalue weighted by molar-refractivity contribution is -0.0680. The molecule has 2 aliphatic rings. The molecule has 1 aromatic heterocycles. The van der Waals surface area contributed by atoms with Gasteiger partial charge in [0.15, 0.2) is 0 Å². The first kappa shape index (κ1) is 13.6. The maximum absolute atomic E-state index is 6.10. The molecule has 1 N–H and O–H groups in total. The van der Waals surface area contributed by atoms with Gasteiger partial charge in [0, 0.05) is 12.6 Å². The minimum absolute atomic E-state index is 0.121. The maximum atomic E-state index is 6.10. The summed E-state index contributed by atoms with van der Waals surface area (Å²) in [6.45, 7) is 6.08. The normalized spacial score (nSPS) is 29.4. The summed E-state index contributed by atoms with van der Waals surface area (Å²) < 4.78 is 12.8. The van der Waals surface area contributed by atoms with Gasteiger partial charge in [-0.2, -0.15) is 0 Å². The van der Waals surface area contributed by atoms with E-state index in [-0.39, 0.29) is 12.1 Å². The zero-order chi connectivity index (χ0) is 13.2. The Hall–Kier alpha value is -0.360. The average molecular weight is 329 g/mol. The number of nitrogens with one attached hydrogen (secondary N) is 1. The largest absolute Gasteiger partial charge is 0.466 e. The van der Waals surface area contributed by atoms with E-state index < -0.39 is 0 Å². The van der Waals surface area contributed by atoms with Gasteiger partial charge in [-0.1, -0.05) is 6.92 Å². The van der Waals surface area contributed by atoms with Crippen molar-refractivity contribution in [2.24, 2.45) is 0 Å². The molecule has 3 unspecified atom stereocenters. The summed E-state index contributed by atoms with van der Waals surface area (Å²) in [7, 11) is 0. The van der Waals surface area contributed by atoms with Gasteiger partial charge in [0.05, 0.1) is 29.5 Å². The van der Waals surface area contributed by atoms with Gasteiger partial charge in [-0.25, -0.2) is 0 Å². The highest BCUT2D eigenvalue weighted by Crippen LogP contribution is 2.32. The Bertz CT molecular complexity index is 423. The van der Waals surface area contributed by atoms with Gasteiger partial charge in [0.25, 0.3) is 0 Å². The highest BCUT2D eigenvalue weighted by Gasteiger charge is 2.37. The quantitative estimate of drug-likeness (QED) is 0.921. The summed E-state index contributed by atoms with van der Waals surface area (Å²) in [6.07, 6.45) is 4.47. The summed E-state index contributed by atoms with van der Waals surface area (Å²) in [5.41, 5.74) is 0. The van der Waals surface area contributed by atoms with E-state index in [4.69, 9.17) is 9.15 Å². The van der Waals surface area contributed by atoms with E-state index >= 15 is 0 Å². The molecule has 4 nitrogen and oxygen atoms in total. The van der Waals surface area contributed by atoms with Crippen LogP contribution in [-0.2, 0) is 4.74 Å². The Morgan fingerprint density at radius 1 is 1.58 bits per heavy atom. The minimum atomic E-state index is 0.121. The lowest BCUT2D eigenvalue weighted by Gasteiger charge is -2.38. The number of rotatable bonds is 4. The molecule has 106 valence electrons. The Morgan fingerprint density at radius 3 is 3.21 bits per heavy atom. The molecule has 0 spiro atoms. The van der Waals surface area contributed by atoms with E-state index in [2.05, 4.69) is 33.1 Å². The second-order valence-corrected chi connectivity index (χ2v) is 6.19. The number of hydrogen-bond acceptors (Lipinski definition) is 4. The SMILES string of the molecule is CCNC(c1occc1Br)C1CN2CCCC2CO1. The van der Waals surface area contributed by atoms with Crippen molar-refractivity contribution in [3.63, 3.8) is 0 Å². The zero-order valence-electron chi connectivity index (χ0n) is 11.3. The molecule has 2 aliphatic heterocycles. The van der Waals surface area contributed by atoms with Gasteiger partial charge >= 0.3 is 0 Å². The van der Waals surface area contributed by atoms with E-state index in [0.717, 1.165) is 29.9 Å². The third-order valence-corrected chi connectivity index (χ3v) is 4.79. The van der Waals surface area contributed by atoms with Crippen LogP contribution in [0.2, 0.25) is 0 Å². The van der Waals surface area contributed by atoms with Crippen molar-refractivity contribution in [3.05, 3.63) is 22.6 Å². The van der Waals surface area contributed by atoms with Crippen molar-refractivity contribution < 1.29 is 9.15 Å². The van der Waals surface area contributed by atoms with Crippen LogP contribution in [0.25, 0.3) is 0 Å². The van der Waals surface area contributed by atoms with Gasteiger partial charge in [0.2, 0.25) is 0 Å². The van der Waals surface area contributed by atoms with Crippen molar-refractivity contribution in [2.75, 3.05) is 26.2 Å². The molecule has 0 aliphatic carbocycles. The highest BCUT2D eigenvalue weighted by molar-refractivity contribution is 9.10. The number of furan rings is 1. The Balaban J connectivity index is 1.75. The molecule has 3 rings (SSSR count). The number of hydrogen-bond donors (Lipinski definition) is 1. The molecule has 5 heteroatoms. The Morgan fingerprint density at radius 2 is 2.47 bits per heavy atom. The molecule has 19 heavy (non-hydrogen) atoms. The molecule has 0 radical (unpaired) electrons. The minimum Gasteiger partial charge on any atom is -0.466 e. The molecule has 2 saturated heterocycles. The summed E-state index contributed by atoms with van der Waals surface area (Å²) in [5.74, 6) is 0.949. The molecule has 3 heterocycles. The van der Waals surface area contributed by atoms with Gasteiger partial charge in [-0.3, -0.25) is 4.90 Å². The third kappa shape index (κ3) is 2.75. The number of fused-ring (bicyclic) bond motifs is 1. The van der Waals surface area contributed by atoms with Crippen molar-refractivity contribution in [1.29, 1.82) is 0 Å². The second-order valence-electron chi connectivity index (χ2n) is 5.33. The van der Waals surface area contributed by atoms with Crippen LogP contribution in [0.3, 0.4) is 0 Å². The molecule has 1 aromatic rings. The summed E-state index contributed by atoms with van der Waals surface area (Å²) in [4.78, 5) is 2.56. The molecule has 0 saturated carbocycles. The van der Waals surface area contributed by atoms with Crippen LogP contribution >= 0.6 is 15.9 Å². The molecule has 2 fully saturated rings. The summed E-state index contributed by atoms with van der Waals surface area (Å²) >= 11 is 3.56. The van der Waals surface area contributed by atoms with Crippen LogP contribution < -0.4 is 5.32 Å². The monoisotopic (exact) mass is 328 g/mol. The molecular formula is C14H21BrN2O2. The zero-order valence-corrected chi connectivity index (χ0v) is 12.9. The highest BCUT2D eigenvalue weighted by atomic mass is 79.9. The number of likely N-dealkylation sites (N-methyl/N-ethyl adjacent to an activating group) is 1. The maximum Gasteiger partial charge on any atom is 0.137 e. The van der Waals surface area contributed by atoms with Gasteiger partial charge < -0.3 is 14.5 Å². The van der Waals surface area contributed by atoms with Crippen molar-refractivity contribution >= 4 is 15.9 Å². The van der Waals surface area contributed by atoms with E-state index in [9.17, 15) is 0 Å². The van der Waals surface area contributed by atoms with E-state index in [1.165, 1.54) is 19.4 Å². The van der Waals surface area contributed by atoms with Gasteiger partial charge in [-0.05, 0) is 47.9 Å². The fourth-order valence-corrected chi connectivity index (χ4v) is 3.63. The van der Waals surface area contributed by atoms with E-state index in [1.807, 2.05) is 6.07 Å². The third-order valence-electron chi connectivity index (χ3n) is 4.14. The molecule has 3 atom stereocenters. The first-order valence-electron chi connectivity index (χ1n) is 7.11. The summed E-state index contributed by atoms with van der Waals surface area (Å²) in [5, 5.41) is 3.50. The van der Waals surface area contributed by atoms with Crippen molar-refractivity contribution in [1.82, 2.24) is 10.2 Å². The van der Waals surface area contributed by atoms with Crippen LogP contribution in [0.5, 0.6) is 0 Å². The second kappa shape index (κ2) is 5.95. The topological polar surface area (TPSA) is 37.6 Å². The predicted molar refractivity (Wildman–Crippen MR) is 77.2 cm³/mol. The Labute approximate surface area is 122 Å². The van der Waals surface area contributed by atoms with E-state index in [0.29, 0.717) is 6.04 Å². The number of morpholine rings is 1. The lowest BCUT2D eigenvalue weighted by Crippen LogP contribution is -2.50. The molecule has 0 aromatic carbocycles. The van der Waals surface area contributed by atoms with Crippen LogP contribution in [0.4, 0.5) is 0 Å². The van der Waals surface area contributed by atoms with Gasteiger partial charge in [-0.15, -0.1) is 0 Å². The van der Waals surface area contributed by atoms with Crippen molar-refractivity contribution in [3.8, 4) is 0 Å². The molecule has 0 amide bonds. The van der Waals surface area contributed by atoms with Crippen molar-refractivity contribution in [2.45, 2.75) is 38.0 Å². The van der Waals surface area contributed by atoms with Crippen LogP contribution in [0.15, 0.2) is 21.2 Å². The number of nitrogens with zero attached hydrogens (tertiary/aromatic N) is 1. The average Bonchev–Trinajstić information content (AvgIpc) is 3.03. The number of ether oxygens (including phenoxy) is 1. The number of halogens is 1. The standard InChI is InChI=1S/C14H21BrN2O2/c1-2-16-13(14-11(15)5-7-18-14)12-8-17-6-3-4-10(17)9-19-12/h5,7,10,12-13,16H,2-4,6,8-9H2,1H3. The molecular weight excluding hydrogens is 308 g/mol. The van der Waals surface area contributed by atoms with Crippen LogP contribution in [0, 0.1) is 0 Å². The van der Waals surface area contributed by atoms with E-state index in [1.54, 1.807) is 6.26 Å².